The number of carboxylic acids is 1. The summed E-state index contributed by atoms with van der Waals surface area (Å²) in [6.07, 6.45) is 5.14. The van der Waals surface area contributed by atoms with Gasteiger partial charge in [0.05, 0.1) is 6.33 Å². The Balaban J connectivity index is 1.84. The van der Waals surface area contributed by atoms with Crippen LogP contribution >= 0.6 is 0 Å². The van der Waals surface area contributed by atoms with Crippen LogP contribution in [0.25, 0.3) is 0 Å². The third-order valence-corrected chi connectivity index (χ3v) is 3.54. The van der Waals surface area contributed by atoms with Crippen LogP contribution in [0.4, 0.5) is 4.79 Å². The molecule has 0 bridgehead atoms. The fourth-order valence-corrected chi connectivity index (χ4v) is 2.49. The summed E-state index contributed by atoms with van der Waals surface area (Å²) < 4.78 is 0. The van der Waals surface area contributed by atoms with E-state index in [4.69, 9.17) is 0 Å². The van der Waals surface area contributed by atoms with Crippen LogP contribution in [0.5, 0.6) is 0 Å². The number of likely N-dealkylation sites (N-methyl/N-ethyl adjacent to an activating group) is 1. The van der Waals surface area contributed by atoms with E-state index in [0.29, 0.717) is 5.69 Å². The lowest BCUT2D eigenvalue weighted by molar-refractivity contribution is -0.139. The Bertz CT molecular complexity index is 476. The van der Waals surface area contributed by atoms with Gasteiger partial charge in [0.2, 0.25) is 0 Å². The van der Waals surface area contributed by atoms with Gasteiger partial charge in [-0.1, -0.05) is 0 Å². The van der Waals surface area contributed by atoms with Crippen LogP contribution in [-0.2, 0) is 11.2 Å². The lowest BCUT2D eigenvalue weighted by Gasteiger charge is -2.30. The highest BCUT2D eigenvalue weighted by Crippen LogP contribution is 2.07. The van der Waals surface area contributed by atoms with Gasteiger partial charge in [-0.05, 0) is 26.4 Å². The van der Waals surface area contributed by atoms with Crippen LogP contribution in [-0.4, -0.2) is 64.2 Å². The lowest BCUT2D eigenvalue weighted by atomic mass is 10.1. The summed E-state index contributed by atoms with van der Waals surface area (Å²) in [5, 5.41) is 14.5. The zero-order valence-electron chi connectivity index (χ0n) is 12.0. The number of hydrogen-bond donors (Lipinski definition) is 4. The summed E-state index contributed by atoms with van der Waals surface area (Å²) in [7, 11) is 2.00. The highest BCUT2D eigenvalue weighted by Gasteiger charge is 2.24. The molecule has 2 rings (SSSR count). The fraction of sp³-hybridized carbons (Fsp3) is 0.615. The Hall–Kier alpha value is -2.09. The number of aliphatic carboxylic acids is 1. The molecule has 1 aromatic heterocycles. The van der Waals surface area contributed by atoms with Crippen molar-refractivity contribution in [3.63, 3.8) is 0 Å². The Labute approximate surface area is 122 Å². The second-order valence-electron chi connectivity index (χ2n) is 5.39. The first kappa shape index (κ1) is 15.3. The number of likely N-dealkylation sites (tertiary alicyclic amines) is 1. The summed E-state index contributed by atoms with van der Waals surface area (Å²) in [4.78, 5) is 32.0. The summed E-state index contributed by atoms with van der Waals surface area (Å²) in [5.41, 5.74) is 0.667. The molecule has 0 radical (unpaired) electrons. The number of carbonyl (C=O) groups is 2. The van der Waals surface area contributed by atoms with Gasteiger partial charge in [0.25, 0.3) is 0 Å². The number of imidazole rings is 1. The molecular formula is C13H21N5O3. The van der Waals surface area contributed by atoms with E-state index in [-0.39, 0.29) is 12.5 Å². The zero-order valence-corrected chi connectivity index (χ0v) is 12.0. The molecule has 2 heterocycles. The van der Waals surface area contributed by atoms with Gasteiger partial charge in [-0.15, -0.1) is 0 Å². The number of carbonyl (C=O) groups excluding carboxylic acids is 1. The molecule has 0 saturated carbocycles. The van der Waals surface area contributed by atoms with Crippen molar-refractivity contribution >= 4 is 12.0 Å². The van der Waals surface area contributed by atoms with Crippen molar-refractivity contribution in [2.75, 3.05) is 20.1 Å². The summed E-state index contributed by atoms with van der Waals surface area (Å²) in [6, 6.07) is -1.36. The summed E-state index contributed by atoms with van der Waals surface area (Å²) in [5.74, 6) is -1.07. The van der Waals surface area contributed by atoms with Gasteiger partial charge in [0, 0.05) is 30.9 Å². The highest BCUT2D eigenvalue weighted by molar-refractivity contribution is 5.82. The number of urea groups is 1. The molecule has 2 amide bonds. The van der Waals surface area contributed by atoms with Gasteiger partial charge in [-0.3, -0.25) is 0 Å². The molecular weight excluding hydrogens is 274 g/mol. The van der Waals surface area contributed by atoms with Gasteiger partial charge in [-0.2, -0.15) is 0 Å². The van der Waals surface area contributed by atoms with Crippen LogP contribution < -0.4 is 10.6 Å². The molecule has 0 aliphatic carbocycles. The Morgan fingerprint density at radius 1 is 1.62 bits per heavy atom. The molecule has 4 N–H and O–H groups in total. The van der Waals surface area contributed by atoms with Crippen molar-refractivity contribution in [1.82, 2.24) is 25.5 Å². The van der Waals surface area contributed by atoms with Crippen LogP contribution in [0.1, 0.15) is 18.5 Å². The van der Waals surface area contributed by atoms with Gasteiger partial charge in [0.15, 0.2) is 0 Å². The largest absolute Gasteiger partial charge is 0.480 e. The lowest BCUT2D eigenvalue weighted by Crippen LogP contribution is -2.53. The molecule has 8 nitrogen and oxygen atoms in total. The van der Waals surface area contributed by atoms with E-state index in [1.54, 1.807) is 6.20 Å². The van der Waals surface area contributed by atoms with Gasteiger partial charge in [0.1, 0.15) is 6.04 Å². The molecule has 1 aliphatic heterocycles. The Morgan fingerprint density at radius 3 is 3.05 bits per heavy atom. The normalized spacial score (nSPS) is 20.7. The number of nitrogens with one attached hydrogen (secondary N) is 3. The summed E-state index contributed by atoms with van der Waals surface area (Å²) >= 11 is 0. The average molecular weight is 295 g/mol. The number of carboxylic acid groups (broad SMARTS) is 1. The van der Waals surface area contributed by atoms with E-state index in [1.165, 1.54) is 6.33 Å². The molecule has 8 heteroatoms. The highest BCUT2D eigenvalue weighted by atomic mass is 16.4. The van der Waals surface area contributed by atoms with Crippen molar-refractivity contribution in [2.24, 2.45) is 0 Å². The van der Waals surface area contributed by atoms with Crippen LogP contribution in [0.15, 0.2) is 12.5 Å². The monoisotopic (exact) mass is 295 g/mol. The van der Waals surface area contributed by atoms with Gasteiger partial charge >= 0.3 is 12.0 Å². The number of piperidine rings is 1. The minimum absolute atomic E-state index is 0.0605. The molecule has 0 spiro atoms. The Kier molecular flexibility index (Phi) is 5.15. The van der Waals surface area contributed by atoms with E-state index in [1.807, 2.05) is 7.05 Å². The number of hydrogen-bond acceptors (Lipinski definition) is 4. The molecule has 2 atom stereocenters. The smallest absolute Gasteiger partial charge is 0.326 e. The van der Waals surface area contributed by atoms with E-state index in [9.17, 15) is 14.7 Å². The summed E-state index contributed by atoms with van der Waals surface area (Å²) in [6.45, 7) is 1.81. The van der Waals surface area contributed by atoms with Crippen LogP contribution in [0, 0.1) is 0 Å². The molecule has 116 valence electrons. The number of aromatic amines is 1. The standard InChI is InChI=1S/C13H21N5O3/c1-18-4-2-3-9(7-18)16-13(21)17-11(12(19)20)5-10-6-14-8-15-10/h6,8-9,11H,2-5,7H2,1H3,(H,14,15)(H,19,20)(H2,16,17,21)/t9?,11-/m1/s1. The van der Waals surface area contributed by atoms with Crippen molar-refractivity contribution in [2.45, 2.75) is 31.3 Å². The first-order valence-electron chi connectivity index (χ1n) is 7.00. The fourth-order valence-electron chi connectivity index (χ4n) is 2.49. The molecule has 0 aromatic carbocycles. The molecule has 1 saturated heterocycles. The molecule has 1 fully saturated rings. The van der Waals surface area contributed by atoms with Gasteiger partial charge in [-0.25, -0.2) is 14.6 Å². The number of rotatable bonds is 5. The van der Waals surface area contributed by atoms with E-state index >= 15 is 0 Å². The minimum Gasteiger partial charge on any atom is -0.480 e. The first-order chi connectivity index (χ1) is 10.0. The molecule has 21 heavy (non-hydrogen) atoms. The maximum atomic E-state index is 11.9. The van der Waals surface area contributed by atoms with E-state index in [0.717, 1.165) is 25.9 Å². The minimum atomic E-state index is -1.07. The third-order valence-electron chi connectivity index (χ3n) is 3.54. The Morgan fingerprint density at radius 2 is 2.43 bits per heavy atom. The maximum absolute atomic E-state index is 11.9. The number of H-pyrrole nitrogens is 1. The van der Waals surface area contributed by atoms with Gasteiger partial charge < -0.3 is 25.6 Å². The van der Waals surface area contributed by atoms with Crippen LogP contribution in [0.3, 0.4) is 0 Å². The van der Waals surface area contributed by atoms with E-state index in [2.05, 4.69) is 25.5 Å². The third kappa shape index (κ3) is 4.75. The first-order valence-corrected chi connectivity index (χ1v) is 7.00. The van der Waals surface area contributed by atoms with Crippen molar-refractivity contribution in [1.29, 1.82) is 0 Å². The van der Waals surface area contributed by atoms with Crippen LogP contribution in [0.2, 0.25) is 0 Å². The molecule has 1 aliphatic rings. The zero-order chi connectivity index (χ0) is 15.2. The number of amides is 2. The second-order valence-corrected chi connectivity index (χ2v) is 5.39. The van der Waals surface area contributed by atoms with Crippen molar-refractivity contribution in [3.8, 4) is 0 Å². The van der Waals surface area contributed by atoms with E-state index < -0.39 is 18.0 Å². The number of nitrogens with zero attached hydrogens (tertiary/aromatic N) is 2. The van der Waals surface area contributed by atoms with Crippen molar-refractivity contribution < 1.29 is 14.7 Å². The predicted molar refractivity (Wildman–Crippen MR) is 75.9 cm³/mol. The second kappa shape index (κ2) is 7.07. The maximum Gasteiger partial charge on any atom is 0.326 e. The topological polar surface area (TPSA) is 110 Å². The molecule has 1 unspecified atom stereocenters. The van der Waals surface area contributed by atoms with Crippen molar-refractivity contribution in [3.05, 3.63) is 18.2 Å². The predicted octanol–water partition coefficient (Wildman–Crippen LogP) is -0.201. The average Bonchev–Trinajstić information content (AvgIpc) is 2.90. The molecule has 1 aromatic rings. The quantitative estimate of drug-likeness (QED) is 0.601. The number of aromatic nitrogens is 2. The SMILES string of the molecule is CN1CCCC(NC(=O)N[C@H](Cc2cnc[nH]2)C(=O)O)C1.